The average Bonchev–Trinajstić information content (AvgIpc) is 3.33. The Morgan fingerprint density at radius 3 is 1.16 bits per heavy atom. The number of carboxylic acids is 1. The Balaban J connectivity index is 0.000000725. The molecule has 2 aliphatic rings. The second kappa shape index (κ2) is 34.2. The summed E-state index contributed by atoms with van der Waals surface area (Å²) >= 11 is 0. The van der Waals surface area contributed by atoms with Crippen molar-refractivity contribution < 1.29 is 97.0 Å². The number of hydrogen-bond donors (Lipinski definition) is 1. The predicted octanol–water partition coefficient (Wildman–Crippen LogP) is 8.65. The van der Waals surface area contributed by atoms with E-state index < -0.39 is 97.0 Å². The fraction of sp³-hybridized carbons (Fsp3) is 0.623. The van der Waals surface area contributed by atoms with Gasteiger partial charge in [-0.05, 0) is 69.2 Å². The van der Waals surface area contributed by atoms with Crippen molar-refractivity contribution in [1.82, 2.24) is 0 Å². The van der Waals surface area contributed by atoms with Crippen LogP contribution in [-0.2, 0) is 71.4 Å². The van der Waals surface area contributed by atoms with Crippen molar-refractivity contribution in [2.45, 2.75) is 195 Å². The van der Waals surface area contributed by atoms with Gasteiger partial charge in [-0.2, -0.15) is 0 Å². The van der Waals surface area contributed by atoms with Crippen LogP contribution in [0.4, 0.5) is 0 Å². The van der Waals surface area contributed by atoms with E-state index in [1.54, 1.807) is 44.2 Å². The number of hydrogen-bond acceptors (Lipinski definition) is 19. The molecular formula is C53H78O20. The highest BCUT2D eigenvalue weighted by Crippen LogP contribution is 2.32. The monoisotopic (exact) mass is 1040 g/mol. The van der Waals surface area contributed by atoms with Gasteiger partial charge < -0.3 is 57.2 Å². The number of esters is 7. The molecule has 1 N–H and O–H groups in total. The van der Waals surface area contributed by atoms with Gasteiger partial charge in [0.25, 0.3) is 0 Å². The normalized spacial score (nSPS) is 21.0. The summed E-state index contributed by atoms with van der Waals surface area (Å²) in [6, 6.07) is 12.4. The number of unbranched alkanes of at least 4 members (excludes halogenated alkanes) is 1. The second-order valence-electron chi connectivity index (χ2n) is 16.8. The van der Waals surface area contributed by atoms with E-state index in [-0.39, 0.29) is 89.8 Å². The third-order valence-electron chi connectivity index (χ3n) is 10.6. The van der Waals surface area contributed by atoms with Crippen molar-refractivity contribution in [2.24, 2.45) is 0 Å². The Kier molecular flexibility index (Phi) is 29.4. The minimum atomic E-state index is -1.30. The zero-order valence-electron chi connectivity index (χ0n) is 42.5. The summed E-state index contributed by atoms with van der Waals surface area (Å²) in [5, 5.41) is 9.47. The topological polar surface area (TPSA) is 258 Å². The summed E-state index contributed by atoms with van der Waals surface area (Å²) < 4.78 is 62.3. The molecule has 0 radical (unpaired) electrons. The third kappa shape index (κ3) is 21.0. The summed E-state index contributed by atoms with van der Waals surface area (Å²) in [6.45, 7) is 12.8. The first kappa shape index (κ1) is 62.8. The highest BCUT2D eigenvalue weighted by molar-refractivity contribution is 5.92. The lowest BCUT2D eigenvalue weighted by molar-refractivity contribution is -0.261. The molecule has 0 amide bonds. The van der Waals surface area contributed by atoms with Gasteiger partial charge in [-0.3, -0.25) is 28.8 Å². The molecule has 0 unspecified atom stereocenters. The van der Waals surface area contributed by atoms with Crippen LogP contribution in [0.15, 0.2) is 48.5 Å². The zero-order valence-corrected chi connectivity index (χ0v) is 42.5. The van der Waals surface area contributed by atoms with Crippen LogP contribution >= 0.6 is 0 Å². The molecular weight excluding hydrogens is 957 g/mol. The van der Waals surface area contributed by atoms with Crippen molar-refractivity contribution in [3.05, 3.63) is 59.7 Å². The van der Waals surface area contributed by atoms with Gasteiger partial charge >= 0.3 is 47.8 Å². The van der Waals surface area contributed by atoms with Gasteiger partial charge in [0.15, 0.2) is 24.4 Å². The van der Waals surface area contributed by atoms with Gasteiger partial charge in [-0.1, -0.05) is 86.6 Å². The summed E-state index contributed by atoms with van der Waals surface area (Å²) in [5.41, 5.74) is 0.0441. The van der Waals surface area contributed by atoms with Crippen molar-refractivity contribution in [1.29, 1.82) is 0 Å². The van der Waals surface area contributed by atoms with E-state index in [1.807, 2.05) is 34.6 Å². The maximum Gasteiger partial charge on any atom is 0.341 e. The highest BCUT2D eigenvalue weighted by atomic mass is 16.7. The molecule has 2 aromatic carbocycles. The molecule has 4 rings (SSSR count). The lowest BCUT2D eigenvalue weighted by Gasteiger charge is -2.40. The molecule has 0 saturated carbocycles. The third-order valence-corrected chi connectivity index (χ3v) is 10.6. The number of carbonyl (C=O) groups is 8. The molecule has 20 heteroatoms. The quantitative estimate of drug-likeness (QED) is 0.0498. The van der Waals surface area contributed by atoms with Gasteiger partial charge in [0, 0.05) is 40.0 Å². The average molecular weight is 1040 g/mol. The number of rotatable bonds is 27. The molecule has 0 aromatic heterocycles. The SMILES string of the molecule is C.CCCC(=O)O[C@@H]1[C@@H](OC(=O)CCC)[C@@H](Oc2ccccc2C(=O)O)OC[C@H]1OC(=O)CCC.CCCCOC(=O)c1ccccc1O[C@H]1OC[C@@H](OC(=O)CCC)[C@H](OC(=O)CCC)[C@H]1OC(=O)CCC.[2HH]. The zero-order chi connectivity index (χ0) is 53.0. The van der Waals surface area contributed by atoms with Crippen LogP contribution in [0.5, 0.6) is 11.5 Å². The molecule has 410 valence electrons. The van der Waals surface area contributed by atoms with Crippen LogP contribution in [0.1, 0.15) is 168 Å². The molecule has 2 aliphatic heterocycles. The van der Waals surface area contributed by atoms with Crippen LogP contribution in [0.3, 0.4) is 0 Å². The Bertz CT molecular complexity index is 2060. The fourth-order valence-corrected chi connectivity index (χ4v) is 7.07. The Hall–Kier alpha value is -6.28. The minimum absolute atomic E-state index is 0. The lowest BCUT2D eigenvalue weighted by Crippen LogP contribution is -2.59. The van der Waals surface area contributed by atoms with Gasteiger partial charge in [-0.15, -0.1) is 0 Å². The van der Waals surface area contributed by atoms with Gasteiger partial charge in [-0.25, -0.2) is 9.59 Å². The fourth-order valence-electron chi connectivity index (χ4n) is 7.07. The summed E-state index contributed by atoms with van der Waals surface area (Å²) in [4.78, 5) is 98.6. The summed E-state index contributed by atoms with van der Waals surface area (Å²) in [6.07, 6.45) is -3.96. The van der Waals surface area contributed by atoms with Crippen LogP contribution in [0, 0.1) is 0 Å². The molecule has 0 bridgehead atoms. The number of ether oxygens (including phenoxy) is 11. The molecule has 0 aliphatic carbocycles. The molecule has 2 fully saturated rings. The van der Waals surface area contributed by atoms with Gasteiger partial charge in [0.05, 0.1) is 19.8 Å². The lowest BCUT2D eigenvalue weighted by atomic mass is 10.0. The second-order valence-corrected chi connectivity index (χ2v) is 16.8. The Morgan fingerprint density at radius 2 is 0.808 bits per heavy atom. The van der Waals surface area contributed by atoms with Crippen molar-refractivity contribution in [3.63, 3.8) is 0 Å². The maximum atomic E-state index is 12.7. The molecule has 2 aromatic rings. The van der Waals surface area contributed by atoms with Crippen LogP contribution in [0.25, 0.3) is 0 Å². The number of para-hydroxylation sites is 2. The van der Waals surface area contributed by atoms with E-state index in [1.165, 1.54) is 18.2 Å². The number of carboxylic acid groups (broad SMARTS) is 1. The molecule has 20 nitrogen and oxygen atoms in total. The van der Waals surface area contributed by atoms with Gasteiger partial charge in [0.2, 0.25) is 24.8 Å². The first-order chi connectivity index (χ1) is 34.6. The summed E-state index contributed by atoms with van der Waals surface area (Å²) in [5.74, 6) is -4.90. The predicted molar refractivity (Wildman–Crippen MR) is 263 cm³/mol. The van der Waals surface area contributed by atoms with Crippen molar-refractivity contribution in [3.8, 4) is 11.5 Å². The van der Waals surface area contributed by atoms with E-state index >= 15 is 0 Å². The minimum Gasteiger partial charge on any atom is -0.478 e. The number of carbonyl (C=O) groups excluding carboxylic acids is 7. The van der Waals surface area contributed by atoms with E-state index in [2.05, 4.69) is 0 Å². The smallest absolute Gasteiger partial charge is 0.341 e. The molecule has 2 saturated heterocycles. The maximum absolute atomic E-state index is 12.7. The highest BCUT2D eigenvalue weighted by Gasteiger charge is 2.50. The van der Waals surface area contributed by atoms with E-state index in [4.69, 9.17) is 52.1 Å². The van der Waals surface area contributed by atoms with Crippen molar-refractivity contribution in [2.75, 3.05) is 19.8 Å². The largest absolute Gasteiger partial charge is 0.478 e. The first-order valence-corrected chi connectivity index (χ1v) is 25.0. The van der Waals surface area contributed by atoms with E-state index in [9.17, 15) is 43.5 Å². The van der Waals surface area contributed by atoms with E-state index in [0.29, 0.717) is 38.5 Å². The molecule has 2 heterocycles. The Morgan fingerprint density at radius 1 is 0.479 bits per heavy atom. The standard InChI is InChI=1S/C28H40O10.C24H32O10.CH4.H2/c1-5-9-17-33-27(32)19-15-10-11-16-20(19)36-28-26(38-24(31)14-8-4)25(37-23(30)13-7-3)21(18-34-28)35-22(29)12-6-2;1-4-9-18(25)31-17-14-30-24(32-16-13-8-7-12-15(16)23(28)29)22(34-20(27)11-6-3)21(17)33-19(26)10-5-2;;/h10-11,15-16,21,25-26,28H,5-9,12-14,17-18H2,1-4H3;7-8,12-13,17,21-22,24H,4-6,9-11,14H2,1-3H3,(H,28,29);1H4;1H/t21-,25+,26-,28-;17-,21+,22-,24-;;/m11../s1/i;;;1+1. The Labute approximate surface area is 429 Å². The number of aromatic carboxylic acids is 1. The van der Waals surface area contributed by atoms with Crippen LogP contribution in [0.2, 0.25) is 0 Å². The molecule has 0 spiro atoms. The molecule has 8 atom stereocenters. The summed E-state index contributed by atoms with van der Waals surface area (Å²) in [7, 11) is 0. The number of benzene rings is 2. The van der Waals surface area contributed by atoms with Crippen LogP contribution < -0.4 is 9.47 Å². The van der Waals surface area contributed by atoms with Crippen molar-refractivity contribution >= 4 is 47.8 Å². The molecule has 73 heavy (non-hydrogen) atoms. The van der Waals surface area contributed by atoms with E-state index in [0.717, 1.165) is 12.8 Å². The van der Waals surface area contributed by atoms with Gasteiger partial charge in [0.1, 0.15) is 22.6 Å². The van der Waals surface area contributed by atoms with Crippen LogP contribution in [-0.4, -0.2) is 122 Å². The first-order valence-electron chi connectivity index (χ1n) is 25.0.